The third kappa shape index (κ3) is 2.93. The second kappa shape index (κ2) is 5.46. The van der Waals surface area contributed by atoms with Crippen LogP contribution in [0, 0.1) is 0 Å². The predicted molar refractivity (Wildman–Crippen MR) is 65.5 cm³/mol. The van der Waals surface area contributed by atoms with E-state index in [0.717, 1.165) is 5.69 Å². The van der Waals surface area contributed by atoms with E-state index < -0.39 is 6.04 Å². The minimum absolute atomic E-state index is 0.182. The van der Waals surface area contributed by atoms with E-state index >= 15 is 0 Å². The van der Waals surface area contributed by atoms with Crippen molar-refractivity contribution in [1.29, 1.82) is 0 Å². The highest BCUT2D eigenvalue weighted by molar-refractivity contribution is 5.97. The van der Waals surface area contributed by atoms with Gasteiger partial charge in [-0.25, -0.2) is 0 Å². The van der Waals surface area contributed by atoms with Crippen molar-refractivity contribution in [1.82, 2.24) is 4.98 Å². The number of anilines is 2. The van der Waals surface area contributed by atoms with Crippen molar-refractivity contribution in [2.75, 3.05) is 24.3 Å². The summed E-state index contributed by atoms with van der Waals surface area (Å²) in [6, 6.07) is 1.36. The van der Waals surface area contributed by atoms with Crippen molar-refractivity contribution in [2.45, 2.75) is 19.4 Å². The first-order chi connectivity index (χ1) is 7.56. The maximum absolute atomic E-state index is 11.6. The van der Waals surface area contributed by atoms with E-state index in [9.17, 15) is 4.79 Å². The smallest absolute Gasteiger partial charge is 0.241 e. The molecule has 1 rings (SSSR count). The molecule has 88 valence electrons. The Bertz CT molecular complexity index is 365. The van der Waals surface area contributed by atoms with Gasteiger partial charge in [0.25, 0.3) is 0 Å². The van der Waals surface area contributed by atoms with Crippen LogP contribution in [-0.2, 0) is 4.79 Å². The van der Waals surface area contributed by atoms with Crippen molar-refractivity contribution in [2.24, 2.45) is 5.73 Å². The number of nitrogens with zero attached hydrogens (tertiary/aromatic N) is 2. The van der Waals surface area contributed by atoms with E-state index in [1.54, 1.807) is 12.4 Å². The zero-order chi connectivity index (χ0) is 12.1. The van der Waals surface area contributed by atoms with Crippen LogP contribution < -0.4 is 16.0 Å². The van der Waals surface area contributed by atoms with Crippen LogP contribution in [0.4, 0.5) is 11.4 Å². The molecule has 1 aromatic rings. The number of pyridine rings is 1. The summed E-state index contributed by atoms with van der Waals surface area (Å²) in [5.41, 5.74) is 7.24. The van der Waals surface area contributed by atoms with Gasteiger partial charge < -0.3 is 16.0 Å². The van der Waals surface area contributed by atoms with Gasteiger partial charge >= 0.3 is 0 Å². The van der Waals surface area contributed by atoms with Crippen molar-refractivity contribution in [3.05, 3.63) is 18.5 Å². The highest BCUT2D eigenvalue weighted by atomic mass is 16.2. The monoisotopic (exact) mass is 222 g/mol. The molecule has 1 atom stereocenters. The van der Waals surface area contributed by atoms with Gasteiger partial charge in [0.1, 0.15) is 0 Å². The number of carbonyl (C=O) groups excluding carboxylic acids is 1. The Kier molecular flexibility index (Phi) is 4.25. The van der Waals surface area contributed by atoms with Gasteiger partial charge in [-0.1, -0.05) is 6.92 Å². The lowest BCUT2D eigenvalue weighted by Crippen LogP contribution is -2.35. The normalized spacial score (nSPS) is 12.0. The molecule has 0 aromatic carbocycles. The SMILES string of the molecule is CC[C@H](N)C(=O)Nc1cnccc1N(C)C. The molecule has 0 aliphatic carbocycles. The summed E-state index contributed by atoms with van der Waals surface area (Å²) in [6.45, 7) is 1.88. The van der Waals surface area contributed by atoms with Gasteiger partial charge in [0, 0.05) is 20.3 Å². The number of hydrogen-bond acceptors (Lipinski definition) is 4. The fraction of sp³-hybridized carbons (Fsp3) is 0.455. The Morgan fingerprint density at radius 3 is 2.88 bits per heavy atom. The molecule has 1 aromatic heterocycles. The second-order valence-corrected chi connectivity index (χ2v) is 3.79. The molecule has 0 bridgehead atoms. The molecule has 5 heteroatoms. The van der Waals surface area contributed by atoms with E-state index in [1.165, 1.54) is 0 Å². The molecule has 3 N–H and O–H groups in total. The van der Waals surface area contributed by atoms with Crippen molar-refractivity contribution < 1.29 is 4.79 Å². The first kappa shape index (κ1) is 12.4. The maximum atomic E-state index is 11.6. The first-order valence-electron chi connectivity index (χ1n) is 5.24. The van der Waals surface area contributed by atoms with E-state index in [1.807, 2.05) is 32.0 Å². The average molecular weight is 222 g/mol. The molecule has 0 unspecified atom stereocenters. The zero-order valence-electron chi connectivity index (χ0n) is 9.90. The Labute approximate surface area is 95.7 Å². The molecule has 1 amide bonds. The van der Waals surface area contributed by atoms with Crippen LogP contribution in [0.5, 0.6) is 0 Å². The number of aromatic nitrogens is 1. The molecule has 0 saturated carbocycles. The van der Waals surface area contributed by atoms with Gasteiger partial charge in [0.05, 0.1) is 23.6 Å². The average Bonchev–Trinajstić information content (AvgIpc) is 2.28. The highest BCUT2D eigenvalue weighted by Gasteiger charge is 2.13. The van der Waals surface area contributed by atoms with Crippen LogP contribution in [0.1, 0.15) is 13.3 Å². The van der Waals surface area contributed by atoms with Gasteiger partial charge in [0.2, 0.25) is 5.91 Å². The summed E-state index contributed by atoms with van der Waals surface area (Å²) >= 11 is 0. The van der Waals surface area contributed by atoms with Crippen LogP contribution in [0.15, 0.2) is 18.5 Å². The molecule has 0 fully saturated rings. The molecule has 16 heavy (non-hydrogen) atoms. The van der Waals surface area contributed by atoms with Gasteiger partial charge in [-0.3, -0.25) is 9.78 Å². The minimum Gasteiger partial charge on any atom is -0.376 e. The van der Waals surface area contributed by atoms with E-state index in [2.05, 4.69) is 10.3 Å². The van der Waals surface area contributed by atoms with Crippen LogP contribution in [-0.4, -0.2) is 31.0 Å². The summed E-state index contributed by atoms with van der Waals surface area (Å²) in [4.78, 5) is 17.5. The van der Waals surface area contributed by atoms with Gasteiger partial charge in [-0.05, 0) is 12.5 Å². The minimum atomic E-state index is -0.477. The van der Waals surface area contributed by atoms with Crippen LogP contribution >= 0.6 is 0 Å². The third-order valence-corrected chi connectivity index (χ3v) is 2.31. The highest BCUT2D eigenvalue weighted by Crippen LogP contribution is 2.22. The second-order valence-electron chi connectivity index (χ2n) is 3.79. The van der Waals surface area contributed by atoms with Gasteiger partial charge in [-0.2, -0.15) is 0 Å². The largest absolute Gasteiger partial charge is 0.376 e. The van der Waals surface area contributed by atoms with Crippen molar-refractivity contribution in [3.63, 3.8) is 0 Å². The van der Waals surface area contributed by atoms with Crippen LogP contribution in [0.2, 0.25) is 0 Å². The van der Waals surface area contributed by atoms with Crippen LogP contribution in [0.25, 0.3) is 0 Å². The lowest BCUT2D eigenvalue weighted by atomic mass is 10.2. The Balaban J connectivity index is 2.84. The Hall–Kier alpha value is -1.62. The third-order valence-electron chi connectivity index (χ3n) is 2.31. The first-order valence-corrected chi connectivity index (χ1v) is 5.24. The quantitative estimate of drug-likeness (QED) is 0.791. The van der Waals surface area contributed by atoms with Gasteiger partial charge in [0.15, 0.2) is 0 Å². The summed E-state index contributed by atoms with van der Waals surface area (Å²) in [6.07, 6.45) is 3.92. The fourth-order valence-electron chi connectivity index (χ4n) is 1.28. The van der Waals surface area contributed by atoms with Crippen molar-refractivity contribution >= 4 is 17.3 Å². The molecule has 0 spiro atoms. The van der Waals surface area contributed by atoms with Crippen LogP contribution in [0.3, 0.4) is 0 Å². The van der Waals surface area contributed by atoms with E-state index in [0.29, 0.717) is 12.1 Å². The topological polar surface area (TPSA) is 71.2 Å². The Morgan fingerprint density at radius 1 is 1.62 bits per heavy atom. The maximum Gasteiger partial charge on any atom is 0.241 e. The molecule has 0 radical (unpaired) electrons. The van der Waals surface area contributed by atoms with E-state index in [-0.39, 0.29) is 5.91 Å². The summed E-state index contributed by atoms with van der Waals surface area (Å²) < 4.78 is 0. The van der Waals surface area contributed by atoms with Gasteiger partial charge in [-0.15, -0.1) is 0 Å². The zero-order valence-corrected chi connectivity index (χ0v) is 9.90. The number of rotatable bonds is 4. The molecule has 1 heterocycles. The molecule has 5 nitrogen and oxygen atoms in total. The number of nitrogens with two attached hydrogens (primary N) is 1. The Morgan fingerprint density at radius 2 is 2.31 bits per heavy atom. The molecule has 0 aliphatic heterocycles. The standard InChI is InChI=1S/C11H18N4O/c1-4-8(12)11(16)14-9-7-13-6-5-10(9)15(2)3/h5-8H,4,12H2,1-3H3,(H,14,16)/t8-/m0/s1. The predicted octanol–water partition coefficient (Wildman–Crippen LogP) is 0.823. The number of amides is 1. The number of nitrogens with one attached hydrogen (secondary N) is 1. The number of hydrogen-bond donors (Lipinski definition) is 2. The molecule has 0 aliphatic rings. The lowest BCUT2D eigenvalue weighted by Gasteiger charge is -2.18. The summed E-state index contributed by atoms with van der Waals surface area (Å²) in [7, 11) is 3.81. The van der Waals surface area contributed by atoms with E-state index in [4.69, 9.17) is 5.73 Å². The molecule has 0 saturated heterocycles. The lowest BCUT2D eigenvalue weighted by molar-refractivity contribution is -0.117. The van der Waals surface area contributed by atoms with Crippen molar-refractivity contribution in [3.8, 4) is 0 Å². The fourth-order valence-corrected chi connectivity index (χ4v) is 1.28. The molecular weight excluding hydrogens is 204 g/mol. The summed E-state index contributed by atoms with van der Waals surface area (Å²) in [5.74, 6) is -0.182. The molecular formula is C11H18N4O. The number of carbonyl (C=O) groups is 1. The summed E-state index contributed by atoms with van der Waals surface area (Å²) in [5, 5.41) is 2.77.